The molecule has 0 aromatic heterocycles. The number of anilines is 2. The molecule has 34 heavy (non-hydrogen) atoms. The van der Waals surface area contributed by atoms with Gasteiger partial charge in [0, 0.05) is 16.1 Å². The standard InChI is InChI=1S/C26H24BrN3O4/c1-34-19-9-5-8-18(15-19)30-25(32)29-23-13-12-17(27)14-21(23)26(30,33)24(31)28-22-11-4-7-16-6-2-3-10-20(16)22/h2-3,5-6,8-10,12-15,22,33H,4,7,11H2,1H3,(H,28,31)(H,29,32). The molecule has 3 N–H and O–H groups in total. The van der Waals surface area contributed by atoms with Gasteiger partial charge in [-0.25, -0.2) is 4.79 Å². The number of aliphatic hydroxyl groups is 1. The van der Waals surface area contributed by atoms with Crippen LogP contribution in [-0.4, -0.2) is 24.2 Å². The van der Waals surface area contributed by atoms with Crippen LogP contribution in [0.25, 0.3) is 0 Å². The number of fused-ring (bicyclic) bond motifs is 2. The lowest BCUT2D eigenvalue weighted by Gasteiger charge is -2.43. The van der Waals surface area contributed by atoms with Crippen LogP contribution < -0.4 is 20.3 Å². The second kappa shape index (κ2) is 8.77. The summed E-state index contributed by atoms with van der Waals surface area (Å²) in [5.74, 6) is -0.180. The van der Waals surface area contributed by atoms with Crippen molar-refractivity contribution < 1.29 is 19.4 Å². The van der Waals surface area contributed by atoms with Gasteiger partial charge >= 0.3 is 6.03 Å². The summed E-state index contributed by atoms with van der Waals surface area (Å²) in [6, 6.07) is 18.9. The van der Waals surface area contributed by atoms with Gasteiger partial charge in [0.25, 0.3) is 11.6 Å². The molecule has 7 nitrogen and oxygen atoms in total. The van der Waals surface area contributed by atoms with E-state index in [4.69, 9.17) is 4.74 Å². The van der Waals surface area contributed by atoms with Gasteiger partial charge < -0.3 is 20.5 Å². The first-order chi connectivity index (χ1) is 16.4. The molecule has 0 saturated heterocycles. The van der Waals surface area contributed by atoms with E-state index in [9.17, 15) is 14.7 Å². The van der Waals surface area contributed by atoms with E-state index in [1.165, 1.54) is 12.7 Å². The fraction of sp³-hybridized carbons (Fsp3) is 0.231. The predicted octanol–water partition coefficient (Wildman–Crippen LogP) is 4.85. The first kappa shape index (κ1) is 22.4. The highest BCUT2D eigenvalue weighted by Crippen LogP contribution is 2.42. The molecule has 2 atom stereocenters. The lowest BCUT2D eigenvalue weighted by Crippen LogP contribution is -2.63. The minimum atomic E-state index is -2.29. The van der Waals surface area contributed by atoms with Gasteiger partial charge in [0.15, 0.2) is 0 Å². The van der Waals surface area contributed by atoms with Crippen molar-refractivity contribution in [2.75, 3.05) is 17.3 Å². The van der Waals surface area contributed by atoms with Crippen LogP contribution >= 0.6 is 15.9 Å². The SMILES string of the molecule is COc1cccc(N2C(=O)Nc3ccc(Br)cc3C2(O)C(=O)NC2CCCc3ccccc32)c1. The fourth-order valence-corrected chi connectivity index (χ4v) is 5.15. The highest BCUT2D eigenvalue weighted by Gasteiger charge is 2.52. The monoisotopic (exact) mass is 521 g/mol. The number of urea groups is 1. The number of hydrogen-bond acceptors (Lipinski definition) is 4. The van der Waals surface area contributed by atoms with E-state index in [2.05, 4.69) is 32.6 Å². The van der Waals surface area contributed by atoms with Crippen molar-refractivity contribution in [2.24, 2.45) is 0 Å². The Kier molecular flexibility index (Phi) is 5.79. The molecule has 3 aromatic rings. The van der Waals surface area contributed by atoms with E-state index in [1.807, 2.05) is 18.2 Å². The maximum Gasteiger partial charge on any atom is 0.329 e. The van der Waals surface area contributed by atoms with Gasteiger partial charge in [-0.2, -0.15) is 0 Å². The van der Waals surface area contributed by atoms with Crippen LogP contribution in [0.3, 0.4) is 0 Å². The van der Waals surface area contributed by atoms with Gasteiger partial charge in [-0.1, -0.05) is 46.3 Å². The molecular weight excluding hydrogens is 498 g/mol. The van der Waals surface area contributed by atoms with Crippen molar-refractivity contribution in [3.05, 3.63) is 87.9 Å². The van der Waals surface area contributed by atoms with Crippen molar-refractivity contribution in [1.29, 1.82) is 0 Å². The summed E-state index contributed by atoms with van der Waals surface area (Å²) in [6.45, 7) is 0. The third-order valence-electron chi connectivity index (χ3n) is 6.43. The Morgan fingerprint density at radius 2 is 2.00 bits per heavy atom. The molecule has 0 saturated carbocycles. The number of hydrogen-bond donors (Lipinski definition) is 3. The van der Waals surface area contributed by atoms with Crippen molar-refractivity contribution in [2.45, 2.75) is 31.0 Å². The van der Waals surface area contributed by atoms with E-state index < -0.39 is 17.7 Å². The van der Waals surface area contributed by atoms with Crippen molar-refractivity contribution in [3.8, 4) is 5.75 Å². The number of methoxy groups -OCH3 is 1. The largest absolute Gasteiger partial charge is 0.497 e. The van der Waals surface area contributed by atoms with Gasteiger partial charge in [-0.05, 0) is 60.7 Å². The minimum Gasteiger partial charge on any atom is -0.497 e. The Labute approximate surface area is 205 Å². The maximum atomic E-state index is 13.9. The molecule has 174 valence electrons. The lowest BCUT2D eigenvalue weighted by molar-refractivity contribution is -0.141. The smallest absolute Gasteiger partial charge is 0.329 e. The molecule has 0 bridgehead atoms. The number of aryl methyl sites for hydroxylation is 1. The molecule has 1 heterocycles. The molecule has 0 radical (unpaired) electrons. The first-order valence-electron chi connectivity index (χ1n) is 11.1. The summed E-state index contributed by atoms with van der Waals surface area (Å²) in [4.78, 5) is 28.3. The second-order valence-corrected chi connectivity index (χ2v) is 9.36. The van der Waals surface area contributed by atoms with E-state index >= 15 is 0 Å². The highest BCUT2D eigenvalue weighted by molar-refractivity contribution is 9.10. The van der Waals surface area contributed by atoms with E-state index in [0.29, 0.717) is 21.6 Å². The van der Waals surface area contributed by atoms with Crippen molar-refractivity contribution >= 4 is 39.2 Å². The fourth-order valence-electron chi connectivity index (χ4n) is 4.79. The summed E-state index contributed by atoms with van der Waals surface area (Å²) >= 11 is 3.43. The molecule has 0 spiro atoms. The molecule has 1 aliphatic heterocycles. The quantitative estimate of drug-likeness (QED) is 0.457. The van der Waals surface area contributed by atoms with E-state index in [-0.39, 0.29) is 11.6 Å². The number of benzene rings is 3. The number of nitrogens with zero attached hydrogens (tertiary/aromatic N) is 1. The molecular formula is C26H24BrN3O4. The van der Waals surface area contributed by atoms with Crippen LogP contribution in [0, 0.1) is 0 Å². The molecule has 5 rings (SSSR count). The molecule has 8 heteroatoms. The summed E-state index contributed by atoms with van der Waals surface area (Å²) in [5.41, 5.74) is 0.887. The van der Waals surface area contributed by atoms with Crippen LogP contribution in [0.2, 0.25) is 0 Å². The van der Waals surface area contributed by atoms with Crippen LogP contribution in [-0.2, 0) is 16.9 Å². The van der Waals surface area contributed by atoms with Crippen LogP contribution in [0.1, 0.15) is 35.6 Å². The Hall–Kier alpha value is -3.36. The average Bonchev–Trinajstić information content (AvgIpc) is 2.85. The van der Waals surface area contributed by atoms with Crippen LogP contribution in [0.5, 0.6) is 5.75 Å². The number of nitrogens with one attached hydrogen (secondary N) is 2. The topological polar surface area (TPSA) is 90.9 Å². The third-order valence-corrected chi connectivity index (χ3v) is 6.92. The number of halogens is 1. The number of amides is 3. The number of ether oxygens (including phenoxy) is 1. The Balaban J connectivity index is 1.62. The number of carbonyl (C=O) groups is 2. The molecule has 2 unspecified atom stereocenters. The van der Waals surface area contributed by atoms with Gasteiger partial charge in [-0.3, -0.25) is 9.69 Å². The molecule has 3 aromatic carbocycles. The molecule has 1 aliphatic carbocycles. The number of rotatable bonds is 4. The molecule has 0 fully saturated rings. The average molecular weight is 522 g/mol. The van der Waals surface area contributed by atoms with Gasteiger partial charge in [-0.15, -0.1) is 0 Å². The summed E-state index contributed by atoms with van der Waals surface area (Å²) in [5, 5.41) is 18.0. The minimum absolute atomic E-state index is 0.269. The molecule has 3 amide bonds. The Morgan fingerprint density at radius 3 is 2.82 bits per heavy atom. The summed E-state index contributed by atoms with van der Waals surface area (Å²) in [6.07, 6.45) is 2.61. The maximum absolute atomic E-state index is 13.9. The highest BCUT2D eigenvalue weighted by atomic mass is 79.9. The summed E-state index contributed by atoms with van der Waals surface area (Å²) in [7, 11) is 1.52. The van der Waals surface area contributed by atoms with Crippen LogP contribution in [0.4, 0.5) is 16.2 Å². The van der Waals surface area contributed by atoms with Crippen LogP contribution in [0.15, 0.2) is 71.2 Å². The van der Waals surface area contributed by atoms with Crippen molar-refractivity contribution in [1.82, 2.24) is 5.32 Å². The zero-order chi connectivity index (χ0) is 23.9. The van der Waals surface area contributed by atoms with Gasteiger partial charge in [0.05, 0.1) is 24.5 Å². The summed E-state index contributed by atoms with van der Waals surface area (Å²) < 4.78 is 5.98. The Morgan fingerprint density at radius 1 is 1.18 bits per heavy atom. The third kappa shape index (κ3) is 3.73. The van der Waals surface area contributed by atoms with Gasteiger partial charge in [0.1, 0.15) is 5.75 Å². The molecule has 2 aliphatic rings. The normalized spacial score (nSPS) is 21.2. The number of carbonyl (C=O) groups excluding carboxylic acids is 2. The van der Waals surface area contributed by atoms with E-state index in [0.717, 1.165) is 29.7 Å². The second-order valence-electron chi connectivity index (χ2n) is 8.45. The van der Waals surface area contributed by atoms with E-state index in [1.54, 1.807) is 42.5 Å². The van der Waals surface area contributed by atoms with Gasteiger partial charge in [0.2, 0.25) is 0 Å². The predicted molar refractivity (Wildman–Crippen MR) is 133 cm³/mol. The zero-order valence-electron chi connectivity index (χ0n) is 18.5. The van der Waals surface area contributed by atoms with Crippen molar-refractivity contribution in [3.63, 3.8) is 0 Å². The first-order valence-corrected chi connectivity index (χ1v) is 11.9. The zero-order valence-corrected chi connectivity index (χ0v) is 20.1. The Bertz CT molecular complexity index is 1280. The lowest BCUT2D eigenvalue weighted by atomic mass is 9.87.